The Morgan fingerprint density at radius 2 is 2.07 bits per heavy atom. The standard InChI is InChI=1S/C22H21N3O2S/c26-22(4-3-20-2-1-11-28-20)25-10-7-21-18(14-25)12-24-13-19(21)16-27-15-17-5-8-23-9-6-17/h1-6,8-9,11-13H,7,10,14-16H2/b4-3+. The van der Waals surface area contributed by atoms with Gasteiger partial charge in [0.2, 0.25) is 5.91 Å². The number of nitrogens with zero attached hydrogens (tertiary/aromatic N) is 3. The minimum atomic E-state index is 0.0402. The van der Waals surface area contributed by atoms with E-state index in [2.05, 4.69) is 9.97 Å². The molecule has 0 unspecified atom stereocenters. The third-order valence-corrected chi connectivity index (χ3v) is 5.59. The maximum Gasteiger partial charge on any atom is 0.246 e. The third kappa shape index (κ3) is 4.52. The van der Waals surface area contributed by atoms with Crippen LogP contribution in [0.25, 0.3) is 6.08 Å². The van der Waals surface area contributed by atoms with Gasteiger partial charge in [0.25, 0.3) is 0 Å². The Morgan fingerprint density at radius 1 is 1.18 bits per heavy atom. The van der Waals surface area contributed by atoms with Crippen molar-refractivity contribution >= 4 is 23.3 Å². The molecule has 3 aromatic heterocycles. The van der Waals surface area contributed by atoms with Crippen LogP contribution in [0.5, 0.6) is 0 Å². The molecule has 0 radical (unpaired) electrons. The maximum absolute atomic E-state index is 12.5. The highest BCUT2D eigenvalue weighted by Crippen LogP contribution is 2.23. The molecule has 4 heterocycles. The van der Waals surface area contributed by atoms with Crippen molar-refractivity contribution in [2.24, 2.45) is 0 Å². The zero-order valence-electron chi connectivity index (χ0n) is 15.5. The molecule has 142 valence electrons. The van der Waals surface area contributed by atoms with Gasteiger partial charge < -0.3 is 9.64 Å². The van der Waals surface area contributed by atoms with Gasteiger partial charge in [0, 0.05) is 48.8 Å². The fraction of sp³-hybridized carbons (Fsp3) is 0.227. The van der Waals surface area contributed by atoms with Crippen molar-refractivity contribution in [3.63, 3.8) is 0 Å². The molecule has 0 spiro atoms. The molecule has 0 fully saturated rings. The van der Waals surface area contributed by atoms with Gasteiger partial charge in [-0.25, -0.2) is 0 Å². The van der Waals surface area contributed by atoms with Gasteiger partial charge in [-0.2, -0.15) is 0 Å². The number of carbonyl (C=O) groups is 1. The van der Waals surface area contributed by atoms with Crippen molar-refractivity contribution in [3.05, 3.63) is 87.6 Å². The van der Waals surface area contributed by atoms with Crippen molar-refractivity contribution < 1.29 is 9.53 Å². The highest BCUT2D eigenvalue weighted by molar-refractivity contribution is 7.10. The van der Waals surface area contributed by atoms with E-state index in [-0.39, 0.29) is 5.91 Å². The smallest absolute Gasteiger partial charge is 0.246 e. The van der Waals surface area contributed by atoms with Crippen molar-refractivity contribution in [1.82, 2.24) is 14.9 Å². The van der Waals surface area contributed by atoms with Gasteiger partial charge in [-0.15, -0.1) is 11.3 Å². The Kier molecular flexibility index (Phi) is 5.89. The van der Waals surface area contributed by atoms with Crippen LogP contribution in [0.1, 0.15) is 27.1 Å². The van der Waals surface area contributed by atoms with E-state index in [4.69, 9.17) is 4.74 Å². The highest BCUT2D eigenvalue weighted by Gasteiger charge is 2.21. The molecule has 0 saturated carbocycles. The van der Waals surface area contributed by atoms with Crippen LogP contribution in [0.2, 0.25) is 0 Å². The molecule has 6 heteroatoms. The van der Waals surface area contributed by atoms with Gasteiger partial charge in [0.15, 0.2) is 0 Å². The topological polar surface area (TPSA) is 55.3 Å². The number of aromatic nitrogens is 2. The lowest BCUT2D eigenvalue weighted by atomic mass is 9.97. The Labute approximate surface area is 168 Å². The summed E-state index contributed by atoms with van der Waals surface area (Å²) in [6, 6.07) is 7.88. The van der Waals surface area contributed by atoms with E-state index in [1.165, 1.54) is 5.56 Å². The van der Waals surface area contributed by atoms with Crippen LogP contribution in [-0.2, 0) is 35.7 Å². The first-order valence-electron chi connectivity index (χ1n) is 9.21. The van der Waals surface area contributed by atoms with Crippen LogP contribution >= 0.6 is 11.3 Å². The van der Waals surface area contributed by atoms with Gasteiger partial charge in [0.1, 0.15) is 0 Å². The van der Waals surface area contributed by atoms with Crippen LogP contribution in [0.3, 0.4) is 0 Å². The van der Waals surface area contributed by atoms with Crippen molar-refractivity contribution in [3.8, 4) is 0 Å². The number of hydrogen-bond donors (Lipinski definition) is 0. The molecular weight excluding hydrogens is 370 g/mol. The fourth-order valence-corrected chi connectivity index (χ4v) is 3.90. The van der Waals surface area contributed by atoms with E-state index in [0.29, 0.717) is 26.3 Å². The molecule has 5 nitrogen and oxygen atoms in total. The summed E-state index contributed by atoms with van der Waals surface area (Å²) in [4.78, 5) is 23.8. The second kappa shape index (κ2) is 8.91. The van der Waals surface area contributed by atoms with Crippen LogP contribution in [-0.4, -0.2) is 27.3 Å². The summed E-state index contributed by atoms with van der Waals surface area (Å²) < 4.78 is 5.87. The fourth-order valence-electron chi connectivity index (χ4n) is 3.28. The second-order valence-electron chi connectivity index (χ2n) is 6.64. The summed E-state index contributed by atoms with van der Waals surface area (Å²) in [5.41, 5.74) is 4.57. The van der Waals surface area contributed by atoms with Crippen LogP contribution in [0.15, 0.2) is 60.5 Å². The normalized spacial score (nSPS) is 13.6. The summed E-state index contributed by atoms with van der Waals surface area (Å²) in [6.07, 6.45) is 11.6. The van der Waals surface area contributed by atoms with Gasteiger partial charge in [-0.1, -0.05) is 6.07 Å². The average Bonchev–Trinajstić information content (AvgIpc) is 3.26. The van der Waals surface area contributed by atoms with E-state index >= 15 is 0 Å². The number of amides is 1. The summed E-state index contributed by atoms with van der Waals surface area (Å²) in [7, 11) is 0. The molecular formula is C22H21N3O2S. The van der Waals surface area contributed by atoms with E-state index in [1.807, 2.05) is 53.0 Å². The van der Waals surface area contributed by atoms with Gasteiger partial charge in [0.05, 0.1) is 13.2 Å². The monoisotopic (exact) mass is 391 g/mol. The predicted octanol–water partition coefficient (Wildman–Crippen LogP) is 3.85. The number of carbonyl (C=O) groups excluding carboxylic acids is 1. The van der Waals surface area contributed by atoms with Crippen LogP contribution in [0.4, 0.5) is 0 Å². The molecule has 28 heavy (non-hydrogen) atoms. The summed E-state index contributed by atoms with van der Waals surface area (Å²) in [5.74, 6) is 0.0402. The first-order valence-corrected chi connectivity index (χ1v) is 10.1. The van der Waals surface area contributed by atoms with Gasteiger partial charge >= 0.3 is 0 Å². The molecule has 0 N–H and O–H groups in total. The zero-order chi connectivity index (χ0) is 19.2. The Hall–Kier alpha value is -2.83. The number of hydrogen-bond acceptors (Lipinski definition) is 5. The molecule has 0 aromatic carbocycles. The molecule has 1 aliphatic rings. The molecule has 3 aromatic rings. The third-order valence-electron chi connectivity index (χ3n) is 4.75. The average molecular weight is 391 g/mol. The van der Waals surface area contributed by atoms with Crippen LogP contribution in [0, 0.1) is 0 Å². The molecule has 0 bridgehead atoms. The highest BCUT2D eigenvalue weighted by atomic mass is 32.1. The summed E-state index contributed by atoms with van der Waals surface area (Å²) in [6.45, 7) is 2.37. The van der Waals surface area contributed by atoms with Crippen LogP contribution < -0.4 is 0 Å². The predicted molar refractivity (Wildman–Crippen MR) is 109 cm³/mol. The van der Waals surface area contributed by atoms with Crippen molar-refractivity contribution in [1.29, 1.82) is 0 Å². The first kappa shape index (κ1) is 18.5. The maximum atomic E-state index is 12.5. The lowest BCUT2D eigenvalue weighted by molar-refractivity contribution is -0.126. The van der Waals surface area contributed by atoms with E-state index in [0.717, 1.165) is 28.0 Å². The lowest BCUT2D eigenvalue weighted by Gasteiger charge is -2.29. The van der Waals surface area contributed by atoms with Crippen molar-refractivity contribution in [2.75, 3.05) is 6.54 Å². The first-order chi connectivity index (χ1) is 13.8. The number of ether oxygens (including phenoxy) is 1. The molecule has 1 aliphatic heterocycles. The van der Waals surface area contributed by atoms with Gasteiger partial charge in [-0.05, 0) is 58.3 Å². The molecule has 0 aliphatic carbocycles. The summed E-state index contributed by atoms with van der Waals surface area (Å²) >= 11 is 1.62. The van der Waals surface area contributed by atoms with E-state index < -0.39 is 0 Å². The van der Waals surface area contributed by atoms with E-state index in [9.17, 15) is 4.79 Å². The molecule has 0 atom stereocenters. The quantitative estimate of drug-likeness (QED) is 0.599. The Morgan fingerprint density at radius 3 is 2.89 bits per heavy atom. The minimum absolute atomic E-state index is 0.0402. The Balaban J connectivity index is 1.38. The number of pyridine rings is 2. The lowest BCUT2D eigenvalue weighted by Crippen LogP contribution is -2.35. The molecule has 4 rings (SSSR count). The van der Waals surface area contributed by atoms with E-state index in [1.54, 1.807) is 29.8 Å². The Bertz CT molecular complexity index is 955. The zero-order valence-corrected chi connectivity index (χ0v) is 16.3. The molecule has 0 saturated heterocycles. The number of thiophene rings is 1. The molecule has 1 amide bonds. The van der Waals surface area contributed by atoms with Gasteiger partial charge in [-0.3, -0.25) is 14.8 Å². The minimum Gasteiger partial charge on any atom is -0.372 e. The number of rotatable bonds is 6. The largest absolute Gasteiger partial charge is 0.372 e. The summed E-state index contributed by atoms with van der Waals surface area (Å²) in [5, 5.41) is 2.01. The SMILES string of the molecule is O=C(/C=C/c1cccs1)N1CCc2c(COCc3ccncc3)cncc2C1. The van der Waals surface area contributed by atoms with Crippen molar-refractivity contribution in [2.45, 2.75) is 26.2 Å². The number of fused-ring (bicyclic) bond motifs is 1. The second-order valence-corrected chi connectivity index (χ2v) is 7.62.